The van der Waals surface area contributed by atoms with Crippen LogP contribution in [0.5, 0.6) is 0 Å². The van der Waals surface area contributed by atoms with Gasteiger partial charge in [0.1, 0.15) is 6.33 Å². The molecular weight excluding hydrogens is 121 g/mol. The molecular formula is C3H6BN3O2. The van der Waals surface area contributed by atoms with Crippen molar-refractivity contribution in [2.45, 2.75) is 0 Å². The highest BCUT2D eigenvalue weighted by molar-refractivity contribution is 6.56. The van der Waals surface area contributed by atoms with Crippen molar-refractivity contribution in [3.05, 3.63) is 6.33 Å². The van der Waals surface area contributed by atoms with Gasteiger partial charge in [-0.25, -0.2) is 4.98 Å². The van der Waals surface area contributed by atoms with E-state index in [0.717, 1.165) is 0 Å². The minimum atomic E-state index is -1.56. The van der Waals surface area contributed by atoms with E-state index in [1.807, 2.05) is 0 Å². The Bertz CT molecular complexity index is 199. The van der Waals surface area contributed by atoms with Crippen molar-refractivity contribution < 1.29 is 10.0 Å². The first-order valence-electron chi connectivity index (χ1n) is 2.42. The molecule has 48 valence electrons. The van der Waals surface area contributed by atoms with Crippen molar-refractivity contribution in [1.29, 1.82) is 0 Å². The SMILES string of the molecule is Cn1cnc(B(O)O)n1. The molecule has 1 rings (SSSR count). The number of hydrogen-bond acceptors (Lipinski definition) is 4. The molecule has 0 fully saturated rings. The molecule has 0 saturated carbocycles. The van der Waals surface area contributed by atoms with Crippen LogP contribution in [-0.4, -0.2) is 31.9 Å². The Balaban J connectivity index is 2.85. The predicted molar refractivity (Wildman–Crippen MR) is 30.8 cm³/mol. The fourth-order valence-electron chi connectivity index (χ4n) is 0.474. The molecule has 0 saturated heterocycles. The minimum absolute atomic E-state index is 0.0255. The van der Waals surface area contributed by atoms with Gasteiger partial charge in [0.15, 0.2) is 5.72 Å². The number of hydrogen-bond donors (Lipinski definition) is 2. The van der Waals surface area contributed by atoms with Crippen molar-refractivity contribution in [3.8, 4) is 0 Å². The number of nitrogens with zero attached hydrogens (tertiary/aromatic N) is 3. The highest BCUT2D eigenvalue weighted by atomic mass is 16.4. The number of aromatic nitrogens is 3. The first-order chi connectivity index (χ1) is 4.20. The molecule has 1 aromatic heterocycles. The van der Waals surface area contributed by atoms with Crippen LogP contribution in [0.3, 0.4) is 0 Å². The van der Waals surface area contributed by atoms with Crippen molar-refractivity contribution in [2.24, 2.45) is 7.05 Å². The monoisotopic (exact) mass is 127 g/mol. The Labute approximate surface area is 52.1 Å². The van der Waals surface area contributed by atoms with Crippen LogP contribution in [0.4, 0.5) is 0 Å². The third-order valence-electron chi connectivity index (χ3n) is 0.848. The van der Waals surface area contributed by atoms with Crippen LogP contribution in [0.2, 0.25) is 0 Å². The lowest BCUT2D eigenvalue weighted by atomic mass is 9.91. The number of rotatable bonds is 1. The molecule has 6 heteroatoms. The van der Waals surface area contributed by atoms with Crippen LogP contribution in [0.15, 0.2) is 6.33 Å². The third kappa shape index (κ3) is 1.27. The summed E-state index contributed by atoms with van der Waals surface area (Å²) in [6, 6.07) is 0. The minimum Gasteiger partial charge on any atom is -0.421 e. The first kappa shape index (κ1) is 6.25. The van der Waals surface area contributed by atoms with Crippen LogP contribution in [0.1, 0.15) is 0 Å². The molecule has 0 aliphatic rings. The lowest BCUT2D eigenvalue weighted by Gasteiger charge is -1.86. The molecule has 0 atom stereocenters. The van der Waals surface area contributed by atoms with E-state index in [1.54, 1.807) is 7.05 Å². The summed E-state index contributed by atoms with van der Waals surface area (Å²) < 4.78 is 1.40. The topological polar surface area (TPSA) is 71.2 Å². The van der Waals surface area contributed by atoms with E-state index in [-0.39, 0.29) is 5.72 Å². The Hall–Kier alpha value is -0.875. The van der Waals surface area contributed by atoms with Gasteiger partial charge in [0.25, 0.3) is 0 Å². The van der Waals surface area contributed by atoms with E-state index in [4.69, 9.17) is 10.0 Å². The van der Waals surface area contributed by atoms with Crippen molar-refractivity contribution in [1.82, 2.24) is 14.8 Å². The molecule has 1 heterocycles. The summed E-state index contributed by atoms with van der Waals surface area (Å²) in [5, 5.41) is 20.5. The van der Waals surface area contributed by atoms with Gasteiger partial charge >= 0.3 is 7.12 Å². The second-order valence-electron chi connectivity index (χ2n) is 1.65. The summed E-state index contributed by atoms with van der Waals surface area (Å²) in [6.07, 6.45) is 1.40. The van der Waals surface area contributed by atoms with Gasteiger partial charge in [-0.1, -0.05) is 0 Å². The zero-order valence-corrected chi connectivity index (χ0v) is 4.89. The first-order valence-corrected chi connectivity index (χ1v) is 2.42. The largest absolute Gasteiger partial charge is 0.530 e. The Kier molecular flexibility index (Phi) is 1.50. The average molecular weight is 127 g/mol. The summed E-state index contributed by atoms with van der Waals surface area (Å²) in [6.45, 7) is 0. The molecule has 0 aliphatic heterocycles. The van der Waals surface area contributed by atoms with Gasteiger partial charge in [-0.05, 0) is 0 Å². The normalized spacial score (nSPS) is 9.67. The Morgan fingerprint density at radius 3 is 2.56 bits per heavy atom. The molecule has 9 heavy (non-hydrogen) atoms. The maximum absolute atomic E-state index is 8.45. The van der Waals surface area contributed by atoms with Crippen molar-refractivity contribution in [2.75, 3.05) is 0 Å². The van der Waals surface area contributed by atoms with Crippen LogP contribution < -0.4 is 5.72 Å². The maximum atomic E-state index is 8.45. The number of aryl methyl sites for hydroxylation is 1. The zero-order chi connectivity index (χ0) is 6.85. The van der Waals surface area contributed by atoms with Gasteiger partial charge < -0.3 is 10.0 Å². The molecule has 5 nitrogen and oxygen atoms in total. The van der Waals surface area contributed by atoms with E-state index in [0.29, 0.717) is 0 Å². The standard InChI is InChI=1S/C3H6BN3O2/c1-7-2-5-3(6-7)4(8)9/h2,8-9H,1H3. The second kappa shape index (κ2) is 2.16. The Morgan fingerprint density at radius 2 is 2.33 bits per heavy atom. The summed E-state index contributed by atoms with van der Waals surface area (Å²) in [4.78, 5) is 3.57. The van der Waals surface area contributed by atoms with E-state index in [2.05, 4.69) is 10.1 Å². The van der Waals surface area contributed by atoms with Crippen LogP contribution in [0.25, 0.3) is 0 Å². The average Bonchev–Trinajstić information content (AvgIpc) is 2.14. The molecule has 0 spiro atoms. The highest BCUT2D eigenvalue weighted by Crippen LogP contribution is 1.69. The lowest BCUT2D eigenvalue weighted by Crippen LogP contribution is -2.33. The van der Waals surface area contributed by atoms with Gasteiger partial charge in [0, 0.05) is 7.05 Å². The lowest BCUT2D eigenvalue weighted by molar-refractivity contribution is 0.422. The third-order valence-corrected chi connectivity index (χ3v) is 0.848. The molecule has 0 bridgehead atoms. The van der Waals surface area contributed by atoms with Gasteiger partial charge in [0.05, 0.1) is 0 Å². The van der Waals surface area contributed by atoms with Crippen LogP contribution >= 0.6 is 0 Å². The molecule has 0 radical (unpaired) electrons. The molecule has 2 N–H and O–H groups in total. The van der Waals surface area contributed by atoms with Crippen LogP contribution in [-0.2, 0) is 7.05 Å². The molecule has 1 aromatic rings. The maximum Gasteiger partial charge on any atom is 0.530 e. The Morgan fingerprint density at radius 1 is 1.67 bits per heavy atom. The molecule has 0 amide bonds. The predicted octanol–water partition coefficient (Wildman–Crippen LogP) is -2.51. The van der Waals surface area contributed by atoms with Crippen molar-refractivity contribution in [3.63, 3.8) is 0 Å². The van der Waals surface area contributed by atoms with Gasteiger partial charge in [-0.2, -0.15) is 5.10 Å². The smallest absolute Gasteiger partial charge is 0.421 e. The summed E-state index contributed by atoms with van der Waals surface area (Å²) in [5.41, 5.74) is 0.0255. The fraction of sp³-hybridized carbons (Fsp3) is 0.333. The van der Waals surface area contributed by atoms with E-state index in [9.17, 15) is 0 Å². The summed E-state index contributed by atoms with van der Waals surface area (Å²) in [5.74, 6) is 0. The van der Waals surface area contributed by atoms with E-state index >= 15 is 0 Å². The van der Waals surface area contributed by atoms with Crippen LogP contribution in [0, 0.1) is 0 Å². The highest BCUT2D eigenvalue weighted by Gasteiger charge is 2.15. The summed E-state index contributed by atoms with van der Waals surface area (Å²) >= 11 is 0. The van der Waals surface area contributed by atoms with E-state index in [1.165, 1.54) is 11.0 Å². The van der Waals surface area contributed by atoms with Gasteiger partial charge in [0.2, 0.25) is 0 Å². The molecule has 0 unspecified atom stereocenters. The van der Waals surface area contributed by atoms with Gasteiger partial charge in [-0.3, -0.25) is 4.68 Å². The summed E-state index contributed by atoms with van der Waals surface area (Å²) in [7, 11) is 0.0880. The van der Waals surface area contributed by atoms with E-state index < -0.39 is 7.12 Å². The molecule has 0 aliphatic carbocycles. The van der Waals surface area contributed by atoms with Gasteiger partial charge in [-0.15, -0.1) is 0 Å². The van der Waals surface area contributed by atoms with Crippen molar-refractivity contribution >= 4 is 12.8 Å². The molecule has 0 aromatic carbocycles. The zero-order valence-electron chi connectivity index (χ0n) is 4.89. The fourth-order valence-corrected chi connectivity index (χ4v) is 0.474. The quantitative estimate of drug-likeness (QED) is 0.409. The second-order valence-corrected chi connectivity index (χ2v) is 1.65.